The number of nitrogens with zero attached hydrogens (tertiary/aromatic N) is 1. The molecule has 0 amide bonds. The minimum Gasteiger partial charge on any atom is -0.493 e. The van der Waals surface area contributed by atoms with Crippen LogP contribution in [0.15, 0.2) is 12.1 Å². The van der Waals surface area contributed by atoms with Gasteiger partial charge in [0, 0.05) is 31.1 Å². The quantitative estimate of drug-likeness (QED) is 0.160. The van der Waals surface area contributed by atoms with Gasteiger partial charge in [0.15, 0.2) is 17.8 Å². The van der Waals surface area contributed by atoms with Gasteiger partial charge in [-0.2, -0.15) is 0 Å². The number of esters is 1. The summed E-state index contributed by atoms with van der Waals surface area (Å²) >= 11 is 0. The zero-order valence-corrected chi connectivity index (χ0v) is 35.3. The van der Waals surface area contributed by atoms with Crippen LogP contribution in [0.3, 0.4) is 0 Å². The summed E-state index contributed by atoms with van der Waals surface area (Å²) in [6, 6.07) is 2.62. The van der Waals surface area contributed by atoms with Crippen molar-refractivity contribution in [2.45, 2.75) is 147 Å². The third kappa shape index (κ3) is 10.8. The smallest absolute Gasteiger partial charge is 0.312 e. The molecular formula is C40H71N3O12. The fraction of sp³-hybridized carbons (Fsp3) is 0.825. The first-order valence-corrected chi connectivity index (χ1v) is 19.5. The number of aliphatic hydroxyl groups excluding tert-OH is 2. The van der Waals surface area contributed by atoms with Crippen molar-refractivity contribution in [2.75, 3.05) is 48.5 Å². The van der Waals surface area contributed by atoms with Crippen molar-refractivity contribution in [1.82, 2.24) is 15.5 Å². The van der Waals surface area contributed by atoms with Crippen LogP contribution in [0.5, 0.6) is 17.2 Å². The summed E-state index contributed by atoms with van der Waals surface area (Å²) in [6.07, 6.45) is -5.29. The van der Waals surface area contributed by atoms with E-state index < -0.39 is 71.4 Å². The molecule has 2 aliphatic heterocycles. The first-order valence-electron chi connectivity index (χ1n) is 19.5. The highest BCUT2D eigenvalue weighted by Gasteiger charge is 2.54. The predicted molar refractivity (Wildman–Crippen MR) is 207 cm³/mol. The molecular weight excluding hydrogens is 714 g/mol. The molecule has 318 valence electrons. The molecule has 55 heavy (non-hydrogen) atoms. The normalized spacial score (nSPS) is 39.8. The summed E-state index contributed by atoms with van der Waals surface area (Å²) in [7, 11) is 8.27. The minimum atomic E-state index is -1.98. The van der Waals surface area contributed by atoms with Crippen molar-refractivity contribution in [2.24, 2.45) is 17.8 Å². The molecule has 15 nitrogen and oxygen atoms in total. The molecule has 14 atom stereocenters. The number of hydrogen-bond donors (Lipinski definition) is 7. The molecule has 1 aromatic rings. The first kappa shape index (κ1) is 47.1. The number of carbonyl (C=O) groups is 1. The van der Waals surface area contributed by atoms with Crippen molar-refractivity contribution in [1.29, 1.82) is 0 Å². The molecule has 0 saturated carbocycles. The minimum absolute atomic E-state index is 0.162. The van der Waals surface area contributed by atoms with Crippen LogP contribution in [0.25, 0.3) is 0 Å². The highest BCUT2D eigenvalue weighted by molar-refractivity contribution is 5.74. The molecule has 2 saturated heterocycles. The Morgan fingerprint density at radius 1 is 0.982 bits per heavy atom. The van der Waals surface area contributed by atoms with E-state index in [-0.39, 0.29) is 44.0 Å². The Bertz CT molecular complexity index is 1360. The Morgan fingerprint density at radius 2 is 1.58 bits per heavy atom. The van der Waals surface area contributed by atoms with Crippen molar-refractivity contribution in [3.63, 3.8) is 0 Å². The summed E-state index contributed by atoms with van der Waals surface area (Å²) in [5.74, 6) is -1.98. The molecule has 7 N–H and O–H groups in total. The van der Waals surface area contributed by atoms with E-state index in [0.717, 1.165) is 5.56 Å². The maximum Gasteiger partial charge on any atom is 0.312 e. The number of likely N-dealkylation sites (N-methyl/N-ethyl adjacent to an activating group) is 1. The number of hydrogen-bond acceptors (Lipinski definition) is 15. The number of aliphatic hydroxyl groups is 5. The van der Waals surface area contributed by atoms with E-state index in [0.29, 0.717) is 30.2 Å². The molecule has 0 spiro atoms. The lowest BCUT2D eigenvalue weighted by atomic mass is 9.70. The van der Waals surface area contributed by atoms with Gasteiger partial charge in [0.2, 0.25) is 5.75 Å². The van der Waals surface area contributed by atoms with Crippen LogP contribution in [-0.4, -0.2) is 151 Å². The average molecular weight is 786 g/mol. The second kappa shape index (κ2) is 19.4. The van der Waals surface area contributed by atoms with Gasteiger partial charge in [0.05, 0.1) is 50.7 Å². The molecule has 0 radical (unpaired) electrons. The van der Waals surface area contributed by atoms with Crippen LogP contribution in [0.4, 0.5) is 0 Å². The second-order valence-electron chi connectivity index (χ2n) is 16.6. The van der Waals surface area contributed by atoms with Gasteiger partial charge in [-0.3, -0.25) is 4.79 Å². The van der Waals surface area contributed by atoms with Crippen LogP contribution in [0.2, 0.25) is 0 Å². The van der Waals surface area contributed by atoms with Crippen molar-refractivity contribution in [3.8, 4) is 17.2 Å². The summed E-state index contributed by atoms with van der Waals surface area (Å²) < 4.78 is 35.3. The van der Waals surface area contributed by atoms with Gasteiger partial charge < -0.3 is 69.5 Å². The van der Waals surface area contributed by atoms with E-state index >= 15 is 0 Å². The monoisotopic (exact) mass is 786 g/mol. The molecule has 15 heteroatoms. The SMILES string of the molecule is CC[C@H]1OC(=O)C(C)[C@@](O)(CNCc2cc(OC)c(OC)c(OC)c2)[C@H](C)[C@@H](O[C@@H]2O[C@H](C)C[C@H](N(C)C)[C@H]2O)[C@@](C)(O)C[C@@H](C)CN[C@H](C)[C@@H](O)[C@]1(C)O. The fourth-order valence-electron chi connectivity index (χ4n) is 8.37. The third-order valence-corrected chi connectivity index (χ3v) is 11.9. The van der Waals surface area contributed by atoms with Crippen LogP contribution < -0.4 is 24.8 Å². The van der Waals surface area contributed by atoms with E-state index in [1.54, 1.807) is 39.8 Å². The maximum absolute atomic E-state index is 14.2. The Kier molecular flexibility index (Phi) is 16.6. The van der Waals surface area contributed by atoms with Gasteiger partial charge in [-0.1, -0.05) is 20.8 Å². The molecule has 1 unspecified atom stereocenters. The largest absolute Gasteiger partial charge is 0.493 e. The lowest BCUT2D eigenvalue weighted by Gasteiger charge is -2.49. The average Bonchev–Trinajstić information content (AvgIpc) is 3.13. The Balaban J connectivity index is 2.16. The molecule has 3 rings (SSSR count). The molecule has 2 heterocycles. The summed E-state index contributed by atoms with van der Waals surface area (Å²) in [5, 5.41) is 66.5. The van der Waals surface area contributed by atoms with Crippen LogP contribution in [0, 0.1) is 17.8 Å². The first-order chi connectivity index (χ1) is 25.6. The Labute approximate surface area is 328 Å². The summed E-state index contributed by atoms with van der Waals surface area (Å²) in [4.78, 5) is 16.1. The standard InChI is InChI=1S/C40H71N3O12/c1-14-31-39(8,48)34(45)26(6)42-19-22(2)18-38(7,47)35(55-37-32(44)28(43(9)10)15-23(3)53-37)24(4)40(49,25(5)36(46)54-31)21-41-20-27-16-29(50-11)33(52-13)30(17-27)51-12/h16-17,22-26,28,31-32,34-35,37,41-42,44-45,47-49H,14-15,18-21H2,1-13H3/t22-,23-,24-,25?,26-,28+,31-,32-,34-,35-,37+,38+,39-,40-/m1/s1. The van der Waals surface area contributed by atoms with Gasteiger partial charge in [-0.25, -0.2) is 0 Å². The number of methoxy groups -OCH3 is 3. The maximum atomic E-state index is 14.2. The lowest BCUT2D eigenvalue weighted by molar-refractivity contribution is -0.304. The lowest BCUT2D eigenvalue weighted by Crippen LogP contribution is -2.64. The molecule has 0 aliphatic carbocycles. The van der Waals surface area contributed by atoms with E-state index in [2.05, 4.69) is 10.6 Å². The van der Waals surface area contributed by atoms with E-state index in [1.165, 1.54) is 35.2 Å². The zero-order chi connectivity index (χ0) is 41.6. The number of carbonyl (C=O) groups excluding carboxylic acids is 1. The Morgan fingerprint density at radius 3 is 2.11 bits per heavy atom. The van der Waals surface area contributed by atoms with E-state index in [9.17, 15) is 30.3 Å². The molecule has 0 bridgehead atoms. The van der Waals surface area contributed by atoms with Crippen molar-refractivity contribution < 1.29 is 58.7 Å². The zero-order valence-electron chi connectivity index (χ0n) is 35.3. The molecule has 2 fully saturated rings. The van der Waals surface area contributed by atoms with Gasteiger partial charge in [-0.15, -0.1) is 0 Å². The summed E-state index contributed by atoms with van der Waals surface area (Å²) in [5.41, 5.74) is -4.74. The van der Waals surface area contributed by atoms with E-state index in [4.69, 9.17) is 28.4 Å². The van der Waals surface area contributed by atoms with Crippen LogP contribution in [-0.2, 0) is 25.5 Å². The Hall–Kier alpha value is -2.31. The van der Waals surface area contributed by atoms with Gasteiger partial charge in [-0.05, 0) is 98.1 Å². The third-order valence-electron chi connectivity index (χ3n) is 11.9. The fourth-order valence-corrected chi connectivity index (χ4v) is 8.37. The number of cyclic esters (lactones) is 1. The van der Waals surface area contributed by atoms with Gasteiger partial charge >= 0.3 is 5.97 Å². The summed E-state index contributed by atoms with van der Waals surface area (Å²) in [6.45, 7) is 13.9. The van der Waals surface area contributed by atoms with Crippen LogP contribution >= 0.6 is 0 Å². The number of ether oxygens (including phenoxy) is 6. The molecule has 2 aliphatic rings. The number of nitrogens with one attached hydrogen (secondary N) is 2. The van der Waals surface area contributed by atoms with E-state index in [1.807, 2.05) is 32.8 Å². The topological polar surface area (TPSA) is 201 Å². The van der Waals surface area contributed by atoms with Crippen molar-refractivity contribution >= 4 is 5.97 Å². The van der Waals surface area contributed by atoms with Crippen molar-refractivity contribution in [3.05, 3.63) is 17.7 Å². The van der Waals surface area contributed by atoms with Gasteiger partial charge in [0.25, 0.3) is 0 Å². The second-order valence-corrected chi connectivity index (χ2v) is 16.6. The number of benzene rings is 1. The van der Waals surface area contributed by atoms with Crippen LogP contribution in [0.1, 0.15) is 80.2 Å². The highest BCUT2D eigenvalue weighted by atomic mass is 16.7. The number of rotatable bonds is 11. The molecule has 0 aromatic heterocycles. The van der Waals surface area contributed by atoms with Gasteiger partial charge in [0.1, 0.15) is 23.9 Å². The highest BCUT2D eigenvalue weighted by Crippen LogP contribution is 2.41. The molecule has 1 aromatic carbocycles. The predicted octanol–water partition coefficient (Wildman–Crippen LogP) is 1.82.